The van der Waals surface area contributed by atoms with E-state index in [4.69, 9.17) is 4.74 Å². The van der Waals surface area contributed by atoms with Gasteiger partial charge in [-0.05, 0) is 31.2 Å². The Morgan fingerprint density at radius 3 is 1.95 bits per heavy atom. The zero-order valence-electron chi connectivity index (χ0n) is 11.7. The molecule has 0 saturated heterocycles. The number of ether oxygens (including phenoxy) is 1. The molecule has 0 aliphatic carbocycles. The zero-order valence-corrected chi connectivity index (χ0v) is 11.7. The topological polar surface area (TPSA) is 13.7 Å². The Kier molecular flexibility index (Phi) is 4.99. The molecule has 2 aromatic carbocycles. The van der Waals surface area contributed by atoms with E-state index in [1.807, 2.05) is 12.1 Å². The third-order valence-corrected chi connectivity index (χ3v) is 3.41. The highest BCUT2D eigenvalue weighted by atomic mass is 16.5. The molecule has 0 bridgehead atoms. The highest BCUT2D eigenvalue weighted by molar-refractivity contribution is 5.26. The molecule has 100 valence electrons. The van der Waals surface area contributed by atoms with Crippen LogP contribution in [0.2, 0.25) is 0 Å². The molecule has 0 aliphatic rings. The maximum Gasteiger partial charge on any atom is 0.118 e. The summed E-state index contributed by atoms with van der Waals surface area (Å²) in [6.07, 6.45) is 0. The van der Waals surface area contributed by atoms with E-state index in [2.05, 4.69) is 49.4 Å². The fraction of sp³-hybridized carbons (Fsp3) is 0.294. The normalized spacial score (nSPS) is 12.1. The van der Waals surface area contributed by atoms with Gasteiger partial charge in [0.2, 0.25) is 0 Å². The molecule has 1 N–H and O–H groups in total. The van der Waals surface area contributed by atoms with E-state index in [0.29, 0.717) is 0 Å². The van der Waals surface area contributed by atoms with Crippen molar-refractivity contribution in [2.75, 3.05) is 13.7 Å². The van der Waals surface area contributed by atoms with E-state index in [1.165, 1.54) is 11.1 Å². The summed E-state index contributed by atoms with van der Waals surface area (Å²) in [5.74, 6) is 0.921. The van der Waals surface area contributed by atoms with Crippen LogP contribution < -0.4 is 9.64 Å². The van der Waals surface area contributed by atoms with Gasteiger partial charge >= 0.3 is 0 Å². The van der Waals surface area contributed by atoms with Gasteiger partial charge < -0.3 is 9.64 Å². The quantitative estimate of drug-likeness (QED) is 0.837. The molecule has 19 heavy (non-hydrogen) atoms. The van der Waals surface area contributed by atoms with Crippen molar-refractivity contribution in [1.82, 2.24) is 0 Å². The number of hydrogen-bond acceptors (Lipinski definition) is 1. The Morgan fingerprint density at radius 1 is 0.842 bits per heavy atom. The van der Waals surface area contributed by atoms with Crippen molar-refractivity contribution in [3.63, 3.8) is 0 Å². The second kappa shape index (κ2) is 6.95. The monoisotopic (exact) mass is 256 g/mol. The van der Waals surface area contributed by atoms with Crippen LogP contribution in [-0.2, 0) is 13.1 Å². The highest BCUT2D eigenvalue weighted by Crippen LogP contribution is 2.10. The van der Waals surface area contributed by atoms with E-state index >= 15 is 0 Å². The molecule has 0 aromatic heterocycles. The predicted octanol–water partition coefficient (Wildman–Crippen LogP) is 2.30. The fourth-order valence-electron chi connectivity index (χ4n) is 2.23. The minimum atomic E-state index is 0.921. The number of nitrogens with one attached hydrogen (secondary N) is 1. The number of benzene rings is 2. The first-order valence-corrected chi connectivity index (χ1v) is 6.82. The van der Waals surface area contributed by atoms with Crippen molar-refractivity contribution in [3.05, 3.63) is 65.7 Å². The minimum Gasteiger partial charge on any atom is -0.497 e. The lowest BCUT2D eigenvalue weighted by molar-refractivity contribution is -0.925. The van der Waals surface area contributed by atoms with Crippen molar-refractivity contribution in [2.45, 2.75) is 20.0 Å². The van der Waals surface area contributed by atoms with Crippen molar-refractivity contribution in [1.29, 1.82) is 0 Å². The second-order valence-corrected chi connectivity index (χ2v) is 4.79. The third kappa shape index (κ3) is 4.11. The van der Waals surface area contributed by atoms with Crippen molar-refractivity contribution >= 4 is 0 Å². The molecule has 0 spiro atoms. The molecule has 0 amide bonds. The average Bonchev–Trinajstić information content (AvgIpc) is 2.48. The largest absolute Gasteiger partial charge is 0.497 e. The molecule has 2 nitrogen and oxygen atoms in total. The average molecular weight is 256 g/mol. The van der Waals surface area contributed by atoms with Crippen LogP contribution in [0.4, 0.5) is 0 Å². The summed E-state index contributed by atoms with van der Waals surface area (Å²) in [5, 5.41) is 0. The number of methoxy groups -OCH3 is 1. The van der Waals surface area contributed by atoms with Crippen molar-refractivity contribution in [2.24, 2.45) is 0 Å². The van der Waals surface area contributed by atoms with Crippen LogP contribution in [0, 0.1) is 0 Å². The molecule has 1 atom stereocenters. The van der Waals surface area contributed by atoms with Crippen molar-refractivity contribution in [3.8, 4) is 5.75 Å². The van der Waals surface area contributed by atoms with Crippen LogP contribution >= 0.6 is 0 Å². The first-order chi connectivity index (χ1) is 9.31. The van der Waals surface area contributed by atoms with E-state index in [9.17, 15) is 0 Å². The maximum absolute atomic E-state index is 5.19. The molecule has 0 heterocycles. The molecule has 2 rings (SSSR count). The van der Waals surface area contributed by atoms with Gasteiger partial charge in [0.1, 0.15) is 18.8 Å². The van der Waals surface area contributed by atoms with E-state index < -0.39 is 0 Å². The molecule has 1 unspecified atom stereocenters. The lowest BCUT2D eigenvalue weighted by atomic mass is 10.1. The van der Waals surface area contributed by atoms with Gasteiger partial charge in [0.25, 0.3) is 0 Å². The van der Waals surface area contributed by atoms with Gasteiger partial charge in [-0.1, -0.05) is 30.3 Å². The van der Waals surface area contributed by atoms with Gasteiger partial charge in [-0.25, -0.2) is 0 Å². The summed E-state index contributed by atoms with van der Waals surface area (Å²) in [4.78, 5) is 1.57. The van der Waals surface area contributed by atoms with Crippen LogP contribution in [0.5, 0.6) is 5.75 Å². The van der Waals surface area contributed by atoms with Gasteiger partial charge in [-0.2, -0.15) is 0 Å². The molecule has 0 aliphatic heterocycles. The minimum absolute atomic E-state index is 0.921. The predicted molar refractivity (Wildman–Crippen MR) is 78.3 cm³/mol. The molecule has 0 fully saturated rings. The summed E-state index contributed by atoms with van der Waals surface area (Å²) >= 11 is 0. The van der Waals surface area contributed by atoms with Crippen LogP contribution in [0.1, 0.15) is 18.1 Å². The van der Waals surface area contributed by atoms with Gasteiger partial charge in [-0.15, -0.1) is 0 Å². The summed E-state index contributed by atoms with van der Waals surface area (Å²) in [5.41, 5.74) is 2.75. The Hall–Kier alpha value is -1.80. The molecular weight excluding hydrogens is 234 g/mol. The van der Waals surface area contributed by atoms with Crippen LogP contribution in [0.25, 0.3) is 0 Å². The van der Waals surface area contributed by atoms with Gasteiger partial charge in [0.15, 0.2) is 0 Å². The Morgan fingerprint density at radius 2 is 1.42 bits per heavy atom. The number of rotatable bonds is 6. The fourth-order valence-corrected chi connectivity index (χ4v) is 2.23. The molecule has 2 heteroatoms. The number of quaternary nitrogens is 1. The summed E-state index contributed by atoms with van der Waals surface area (Å²) in [7, 11) is 1.70. The van der Waals surface area contributed by atoms with E-state index in [1.54, 1.807) is 12.0 Å². The SMILES string of the molecule is CC[NH+](Cc1ccccc1)Cc1ccc(OC)cc1. The zero-order chi connectivity index (χ0) is 13.5. The maximum atomic E-state index is 5.19. The Balaban J connectivity index is 1.98. The van der Waals surface area contributed by atoms with E-state index in [-0.39, 0.29) is 0 Å². The van der Waals surface area contributed by atoms with Crippen LogP contribution in [0.3, 0.4) is 0 Å². The first-order valence-electron chi connectivity index (χ1n) is 6.82. The highest BCUT2D eigenvalue weighted by Gasteiger charge is 2.08. The van der Waals surface area contributed by atoms with E-state index in [0.717, 1.165) is 25.4 Å². The Bertz CT molecular complexity index is 478. The standard InChI is InChI=1S/C17H21NO/c1-3-18(13-15-7-5-4-6-8-15)14-16-9-11-17(19-2)12-10-16/h4-12H,3,13-14H2,1-2H3/p+1. The molecule has 0 saturated carbocycles. The summed E-state index contributed by atoms with van der Waals surface area (Å²) in [6, 6.07) is 19.0. The molecule has 2 aromatic rings. The lowest BCUT2D eigenvalue weighted by Gasteiger charge is -2.18. The van der Waals surface area contributed by atoms with Crippen LogP contribution in [-0.4, -0.2) is 13.7 Å². The molecular formula is C17H22NO+. The second-order valence-electron chi connectivity index (χ2n) is 4.79. The third-order valence-electron chi connectivity index (χ3n) is 3.41. The summed E-state index contributed by atoms with van der Waals surface area (Å²) < 4.78 is 5.19. The van der Waals surface area contributed by atoms with Crippen LogP contribution in [0.15, 0.2) is 54.6 Å². The van der Waals surface area contributed by atoms with Gasteiger partial charge in [-0.3, -0.25) is 0 Å². The van der Waals surface area contributed by atoms with Gasteiger partial charge in [0, 0.05) is 11.1 Å². The smallest absolute Gasteiger partial charge is 0.118 e. The molecule has 0 radical (unpaired) electrons. The lowest BCUT2D eigenvalue weighted by Crippen LogP contribution is -3.09. The summed E-state index contributed by atoms with van der Waals surface area (Å²) in [6.45, 7) is 5.49. The first kappa shape index (κ1) is 13.6. The van der Waals surface area contributed by atoms with Crippen molar-refractivity contribution < 1.29 is 9.64 Å². The Labute approximate surface area is 115 Å². The van der Waals surface area contributed by atoms with Gasteiger partial charge in [0.05, 0.1) is 13.7 Å². The number of hydrogen-bond donors (Lipinski definition) is 1.